The Labute approximate surface area is 146 Å². The zero-order valence-electron chi connectivity index (χ0n) is 14.9. The van der Waals surface area contributed by atoms with Crippen molar-refractivity contribution in [3.8, 4) is 0 Å². The molecule has 1 aromatic rings. The fourth-order valence-electron chi connectivity index (χ4n) is 4.74. The van der Waals surface area contributed by atoms with Gasteiger partial charge in [0, 0.05) is 25.6 Å². The molecule has 4 rings (SSSR count). The van der Waals surface area contributed by atoms with Crippen LogP contribution in [0.2, 0.25) is 0 Å². The Morgan fingerprint density at radius 1 is 1.12 bits per heavy atom. The standard InChI is InChI=1S/C21H30N2O/c1-16-7-3-4-8-18(16)19-13-20(19)21(24)23-12-9-17(15-23)14-22-10-5-2-6-11-22/h3-4,7-8,17,19-20H,2,5-6,9-15H2,1H3. The summed E-state index contributed by atoms with van der Waals surface area (Å²) in [5, 5.41) is 0. The van der Waals surface area contributed by atoms with Gasteiger partial charge in [0.05, 0.1) is 0 Å². The zero-order valence-corrected chi connectivity index (χ0v) is 14.9. The molecule has 0 spiro atoms. The van der Waals surface area contributed by atoms with E-state index in [0.717, 1.165) is 19.5 Å². The van der Waals surface area contributed by atoms with Crippen LogP contribution in [0.25, 0.3) is 0 Å². The molecule has 2 heterocycles. The largest absolute Gasteiger partial charge is 0.342 e. The highest BCUT2D eigenvalue weighted by Crippen LogP contribution is 2.49. The van der Waals surface area contributed by atoms with Crippen molar-refractivity contribution >= 4 is 5.91 Å². The van der Waals surface area contributed by atoms with E-state index >= 15 is 0 Å². The van der Waals surface area contributed by atoms with Crippen molar-refractivity contribution in [1.82, 2.24) is 9.80 Å². The van der Waals surface area contributed by atoms with Gasteiger partial charge in [-0.2, -0.15) is 0 Å². The van der Waals surface area contributed by atoms with Gasteiger partial charge >= 0.3 is 0 Å². The number of nitrogens with zero attached hydrogens (tertiary/aromatic N) is 2. The predicted octanol–water partition coefficient (Wildman–Crippen LogP) is 3.43. The second-order valence-corrected chi connectivity index (χ2v) is 8.11. The molecule has 0 aromatic heterocycles. The topological polar surface area (TPSA) is 23.6 Å². The third-order valence-electron chi connectivity index (χ3n) is 6.26. The lowest BCUT2D eigenvalue weighted by molar-refractivity contribution is -0.131. The quantitative estimate of drug-likeness (QED) is 0.846. The minimum Gasteiger partial charge on any atom is -0.342 e. The number of hydrogen-bond acceptors (Lipinski definition) is 2. The second-order valence-electron chi connectivity index (χ2n) is 8.11. The van der Waals surface area contributed by atoms with Crippen molar-refractivity contribution in [2.45, 2.75) is 44.9 Å². The summed E-state index contributed by atoms with van der Waals surface area (Å²) in [6, 6.07) is 8.56. The van der Waals surface area contributed by atoms with Gasteiger partial charge in [0.1, 0.15) is 0 Å². The van der Waals surface area contributed by atoms with Crippen LogP contribution < -0.4 is 0 Å². The molecule has 2 aliphatic heterocycles. The van der Waals surface area contributed by atoms with Crippen LogP contribution in [0.4, 0.5) is 0 Å². The summed E-state index contributed by atoms with van der Waals surface area (Å²) in [5.41, 5.74) is 2.72. The molecule has 2 saturated heterocycles. The van der Waals surface area contributed by atoms with Gasteiger partial charge in [-0.05, 0) is 68.7 Å². The minimum absolute atomic E-state index is 0.250. The molecule has 3 fully saturated rings. The lowest BCUT2D eigenvalue weighted by atomic mass is 10.0. The molecule has 0 radical (unpaired) electrons. The molecule has 130 valence electrons. The number of aryl methyl sites for hydroxylation is 1. The molecule has 1 saturated carbocycles. The lowest BCUT2D eigenvalue weighted by Gasteiger charge is -2.29. The molecule has 24 heavy (non-hydrogen) atoms. The SMILES string of the molecule is Cc1ccccc1C1CC1C(=O)N1CCC(CN2CCCCC2)C1. The fourth-order valence-corrected chi connectivity index (χ4v) is 4.74. The minimum atomic E-state index is 0.250. The van der Waals surface area contributed by atoms with Gasteiger partial charge in [-0.25, -0.2) is 0 Å². The molecule has 3 atom stereocenters. The van der Waals surface area contributed by atoms with Crippen molar-refractivity contribution in [3.05, 3.63) is 35.4 Å². The average molecular weight is 326 g/mol. The van der Waals surface area contributed by atoms with Gasteiger partial charge in [-0.15, -0.1) is 0 Å². The van der Waals surface area contributed by atoms with Crippen molar-refractivity contribution in [2.75, 3.05) is 32.7 Å². The Morgan fingerprint density at radius 2 is 1.92 bits per heavy atom. The molecular formula is C21H30N2O. The first-order valence-electron chi connectivity index (χ1n) is 9.79. The molecule has 3 nitrogen and oxygen atoms in total. The van der Waals surface area contributed by atoms with E-state index in [0.29, 0.717) is 17.7 Å². The molecule has 1 aromatic carbocycles. The van der Waals surface area contributed by atoms with E-state index in [1.165, 1.54) is 56.4 Å². The number of benzene rings is 1. The summed E-state index contributed by atoms with van der Waals surface area (Å²) >= 11 is 0. The van der Waals surface area contributed by atoms with Gasteiger partial charge in [0.15, 0.2) is 0 Å². The summed E-state index contributed by atoms with van der Waals surface area (Å²) < 4.78 is 0. The summed E-state index contributed by atoms with van der Waals surface area (Å²) in [5.74, 6) is 1.84. The van der Waals surface area contributed by atoms with E-state index in [1.807, 2.05) is 0 Å². The third kappa shape index (κ3) is 3.37. The Morgan fingerprint density at radius 3 is 2.71 bits per heavy atom. The molecular weight excluding hydrogens is 296 g/mol. The number of carbonyl (C=O) groups excluding carboxylic acids is 1. The maximum absolute atomic E-state index is 12.9. The van der Waals surface area contributed by atoms with Crippen LogP contribution in [0.5, 0.6) is 0 Å². The highest BCUT2D eigenvalue weighted by atomic mass is 16.2. The Kier molecular flexibility index (Phi) is 4.62. The van der Waals surface area contributed by atoms with E-state index < -0.39 is 0 Å². The maximum atomic E-state index is 12.9. The number of piperidine rings is 1. The highest BCUT2D eigenvalue weighted by Gasteiger charge is 2.47. The number of hydrogen-bond donors (Lipinski definition) is 0. The summed E-state index contributed by atoms with van der Waals surface area (Å²) in [7, 11) is 0. The van der Waals surface area contributed by atoms with Gasteiger partial charge in [0.2, 0.25) is 5.91 Å². The molecule has 1 aliphatic carbocycles. The normalized spacial score (nSPS) is 30.5. The van der Waals surface area contributed by atoms with Crippen LogP contribution in [-0.2, 0) is 4.79 Å². The van der Waals surface area contributed by atoms with Crippen molar-refractivity contribution in [3.63, 3.8) is 0 Å². The fraction of sp³-hybridized carbons (Fsp3) is 0.667. The first-order valence-corrected chi connectivity index (χ1v) is 9.79. The average Bonchev–Trinajstić information content (AvgIpc) is 3.26. The van der Waals surface area contributed by atoms with Crippen LogP contribution in [-0.4, -0.2) is 48.4 Å². The van der Waals surface area contributed by atoms with E-state index in [4.69, 9.17) is 0 Å². The first-order chi connectivity index (χ1) is 11.7. The van der Waals surface area contributed by atoms with Gasteiger partial charge in [0.25, 0.3) is 0 Å². The van der Waals surface area contributed by atoms with Gasteiger partial charge < -0.3 is 9.80 Å². The number of rotatable bonds is 4. The highest BCUT2D eigenvalue weighted by molar-refractivity contribution is 5.83. The van der Waals surface area contributed by atoms with Gasteiger partial charge in [-0.1, -0.05) is 30.7 Å². The Hall–Kier alpha value is -1.35. The zero-order chi connectivity index (χ0) is 16.5. The van der Waals surface area contributed by atoms with Crippen LogP contribution in [0, 0.1) is 18.8 Å². The van der Waals surface area contributed by atoms with E-state index in [2.05, 4.69) is 41.0 Å². The van der Waals surface area contributed by atoms with E-state index in [-0.39, 0.29) is 5.92 Å². The van der Waals surface area contributed by atoms with E-state index in [1.54, 1.807) is 0 Å². The number of carbonyl (C=O) groups is 1. The van der Waals surface area contributed by atoms with E-state index in [9.17, 15) is 4.79 Å². The second kappa shape index (κ2) is 6.87. The molecule has 3 unspecified atom stereocenters. The monoisotopic (exact) mass is 326 g/mol. The van der Waals surface area contributed by atoms with Crippen molar-refractivity contribution in [2.24, 2.45) is 11.8 Å². The summed E-state index contributed by atoms with van der Waals surface area (Å²) in [4.78, 5) is 17.6. The van der Waals surface area contributed by atoms with Crippen LogP contribution >= 0.6 is 0 Å². The Bertz CT molecular complexity index is 593. The Balaban J connectivity index is 1.30. The molecule has 0 N–H and O–H groups in total. The smallest absolute Gasteiger partial charge is 0.226 e. The van der Waals surface area contributed by atoms with Crippen LogP contribution in [0.3, 0.4) is 0 Å². The van der Waals surface area contributed by atoms with Crippen molar-refractivity contribution in [1.29, 1.82) is 0 Å². The van der Waals surface area contributed by atoms with Gasteiger partial charge in [-0.3, -0.25) is 4.79 Å². The first kappa shape index (κ1) is 16.1. The summed E-state index contributed by atoms with van der Waals surface area (Å²) in [6.07, 6.45) is 6.36. The van der Waals surface area contributed by atoms with Crippen molar-refractivity contribution < 1.29 is 4.79 Å². The lowest BCUT2D eigenvalue weighted by Crippen LogP contribution is -2.36. The predicted molar refractivity (Wildman–Crippen MR) is 97.0 cm³/mol. The number of likely N-dealkylation sites (tertiary alicyclic amines) is 2. The van der Waals surface area contributed by atoms with Crippen LogP contribution in [0.15, 0.2) is 24.3 Å². The third-order valence-corrected chi connectivity index (χ3v) is 6.26. The molecule has 0 bridgehead atoms. The molecule has 1 amide bonds. The van der Waals surface area contributed by atoms with Crippen LogP contribution in [0.1, 0.15) is 49.1 Å². The maximum Gasteiger partial charge on any atom is 0.226 e. The number of amides is 1. The molecule has 3 heteroatoms. The summed E-state index contributed by atoms with van der Waals surface area (Å²) in [6.45, 7) is 7.88. The molecule has 3 aliphatic rings.